The number of amides is 1. The van der Waals surface area contributed by atoms with Gasteiger partial charge in [-0.15, -0.1) is 0 Å². The van der Waals surface area contributed by atoms with E-state index in [0.29, 0.717) is 24.1 Å². The lowest BCUT2D eigenvalue weighted by atomic mass is 10.0. The molecule has 6 heteroatoms. The highest BCUT2D eigenvalue weighted by molar-refractivity contribution is 9.10. The molecule has 134 valence electrons. The van der Waals surface area contributed by atoms with Crippen LogP contribution in [0.25, 0.3) is 11.4 Å². The second kappa shape index (κ2) is 8.27. The SMILES string of the molecule is CC(C)c1ccc(NC(=O)CCc2nc(-c3ccc(Br)cc3)no2)cc1. The maximum absolute atomic E-state index is 12.1. The van der Waals surface area contributed by atoms with Gasteiger partial charge < -0.3 is 9.84 Å². The quantitative estimate of drug-likeness (QED) is 0.603. The average molecular weight is 414 g/mol. The number of carbonyl (C=O) groups is 1. The minimum atomic E-state index is -0.0781. The van der Waals surface area contributed by atoms with Crippen molar-refractivity contribution in [2.75, 3.05) is 5.32 Å². The van der Waals surface area contributed by atoms with Crippen molar-refractivity contribution in [3.63, 3.8) is 0 Å². The van der Waals surface area contributed by atoms with Crippen LogP contribution in [-0.4, -0.2) is 16.0 Å². The maximum atomic E-state index is 12.1. The first-order valence-corrected chi connectivity index (χ1v) is 9.29. The van der Waals surface area contributed by atoms with E-state index in [9.17, 15) is 4.79 Å². The second-order valence-corrected chi connectivity index (χ2v) is 7.26. The first kappa shape index (κ1) is 18.3. The van der Waals surface area contributed by atoms with Crippen LogP contribution in [0.4, 0.5) is 5.69 Å². The third-order valence-electron chi connectivity index (χ3n) is 4.00. The lowest BCUT2D eigenvalue weighted by Gasteiger charge is -2.08. The van der Waals surface area contributed by atoms with Crippen molar-refractivity contribution in [2.45, 2.75) is 32.6 Å². The minimum absolute atomic E-state index is 0.0781. The molecule has 0 atom stereocenters. The van der Waals surface area contributed by atoms with Gasteiger partial charge in [0.1, 0.15) is 0 Å². The summed E-state index contributed by atoms with van der Waals surface area (Å²) in [7, 11) is 0. The highest BCUT2D eigenvalue weighted by atomic mass is 79.9. The highest BCUT2D eigenvalue weighted by Crippen LogP contribution is 2.20. The Morgan fingerprint density at radius 2 is 1.81 bits per heavy atom. The van der Waals surface area contributed by atoms with Crippen LogP contribution in [0.15, 0.2) is 57.5 Å². The Bertz CT molecular complexity index is 871. The molecular weight excluding hydrogens is 394 g/mol. The molecule has 0 unspecified atom stereocenters. The van der Waals surface area contributed by atoms with Gasteiger partial charge in [0.2, 0.25) is 17.6 Å². The van der Waals surface area contributed by atoms with Gasteiger partial charge in [-0.05, 0) is 47.9 Å². The van der Waals surface area contributed by atoms with Crippen LogP contribution in [0.5, 0.6) is 0 Å². The van der Waals surface area contributed by atoms with Gasteiger partial charge in [-0.2, -0.15) is 4.98 Å². The summed E-state index contributed by atoms with van der Waals surface area (Å²) in [6, 6.07) is 15.6. The molecule has 0 saturated heterocycles. The van der Waals surface area contributed by atoms with Crippen LogP contribution >= 0.6 is 15.9 Å². The monoisotopic (exact) mass is 413 g/mol. The standard InChI is InChI=1S/C20H20BrN3O2/c1-13(2)14-5-9-17(10-6-14)22-18(25)11-12-19-23-20(24-26-19)15-3-7-16(21)8-4-15/h3-10,13H,11-12H2,1-2H3,(H,22,25). The van der Waals surface area contributed by atoms with Gasteiger partial charge in [0.15, 0.2) is 0 Å². The van der Waals surface area contributed by atoms with E-state index in [1.165, 1.54) is 5.56 Å². The zero-order valence-electron chi connectivity index (χ0n) is 14.7. The molecule has 0 aliphatic heterocycles. The molecule has 3 aromatic rings. The van der Waals surface area contributed by atoms with Crippen molar-refractivity contribution >= 4 is 27.5 Å². The van der Waals surface area contributed by atoms with Crippen molar-refractivity contribution < 1.29 is 9.32 Å². The fourth-order valence-corrected chi connectivity index (χ4v) is 2.73. The molecule has 5 nitrogen and oxygen atoms in total. The maximum Gasteiger partial charge on any atom is 0.227 e. The predicted octanol–water partition coefficient (Wildman–Crippen LogP) is 5.19. The minimum Gasteiger partial charge on any atom is -0.339 e. The molecule has 0 bridgehead atoms. The highest BCUT2D eigenvalue weighted by Gasteiger charge is 2.11. The molecule has 1 heterocycles. The zero-order chi connectivity index (χ0) is 18.5. The van der Waals surface area contributed by atoms with Crippen molar-refractivity contribution in [1.82, 2.24) is 10.1 Å². The first-order valence-electron chi connectivity index (χ1n) is 8.49. The fourth-order valence-electron chi connectivity index (χ4n) is 2.47. The first-order chi connectivity index (χ1) is 12.5. The molecule has 26 heavy (non-hydrogen) atoms. The summed E-state index contributed by atoms with van der Waals surface area (Å²) in [6.07, 6.45) is 0.688. The smallest absolute Gasteiger partial charge is 0.227 e. The third-order valence-corrected chi connectivity index (χ3v) is 4.53. The number of aryl methyl sites for hydroxylation is 1. The molecule has 3 rings (SSSR count). The molecule has 0 radical (unpaired) electrons. The molecule has 0 spiro atoms. The summed E-state index contributed by atoms with van der Waals surface area (Å²) in [5, 5.41) is 6.86. The molecular formula is C20H20BrN3O2. The van der Waals surface area contributed by atoms with Crippen LogP contribution in [0.2, 0.25) is 0 Å². The van der Waals surface area contributed by atoms with Crippen molar-refractivity contribution in [3.8, 4) is 11.4 Å². The summed E-state index contributed by atoms with van der Waals surface area (Å²) < 4.78 is 6.23. The Balaban J connectivity index is 1.54. The number of anilines is 1. The van der Waals surface area contributed by atoms with E-state index in [4.69, 9.17) is 4.52 Å². The second-order valence-electron chi connectivity index (χ2n) is 6.34. The van der Waals surface area contributed by atoms with Crippen LogP contribution in [0, 0.1) is 0 Å². The van der Waals surface area contributed by atoms with Gasteiger partial charge >= 0.3 is 0 Å². The van der Waals surface area contributed by atoms with Crippen molar-refractivity contribution in [1.29, 1.82) is 0 Å². The number of aromatic nitrogens is 2. The molecule has 0 aliphatic carbocycles. The molecule has 1 aromatic heterocycles. The molecule has 0 saturated carbocycles. The Morgan fingerprint density at radius 3 is 2.46 bits per heavy atom. The number of hydrogen-bond acceptors (Lipinski definition) is 4. The number of halogens is 1. The van der Waals surface area contributed by atoms with Gasteiger partial charge in [-0.25, -0.2) is 0 Å². The van der Waals surface area contributed by atoms with E-state index in [0.717, 1.165) is 15.7 Å². The van der Waals surface area contributed by atoms with Gasteiger partial charge in [0.25, 0.3) is 0 Å². The molecule has 1 N–H and O–H groups in total. The fraction of sp³-hybridized carbons (Fsp3) is 0.250. The molecule has 1 amide bonds. The molecule has 2 aromatic carbocycles. The number of benzene rings is 2. The number of carbonyl (C=O) groups excluding carboxylic acids is 1. The Kier molecular flexibility index (Phi) is 5.83. The van der Waals surface area contributed by atoms with Crippen molar-refractivity contribution in [3.05, 3.63) is 64.5 Å². The Morgan fingerprint density at radius 1 is 1.12 bits per heavy atom. The van der Waals surface area contributed by atoms with Crippen LogP contribution in [-0.2, 0) is 11.2 Å². The number of nitrogens with one attached hydrogen (secondary N) is 1. The van der Waals surface area contributed by atoms with Crippen LogP contribution in [0.3, 0.4) is 0 Å². The van der Waals surface area contributed by atoms with E-state index in [1.807, 2.05) is 48.5 Å². The Hall–Kier alpha value is -2.47. The lowest BCUT2D eigenvalue weighted by molar-refractivity contribution is -0.116. The summed E-state index contributed by atoms with van der Waals surface area (Å²) in [4.78, 5) is 16.5. The van der Waals surface area contributed by atoms with E-state index in [-0.39, 0.29) is 12.3 Å². The van der Waals surface area contributed by atoms with Gasteiger partial charge in [0.05, 0.1) is 0 Å². The van der Waals surface area contributed by atoms with E-state index in [1.54, 1.807) is 0 Å². The van der Waals surface area contributed by atoms with E-state index >= 15 is 0 Å². The molecule has 0 aliphatic rings. The zero-order valence-corrected chi connectivity index (χ0v) is 16.3. The Labute approximate surface area is 160 Å². The average Bonchev–Trinajstić information content (AvgIpc) is 3.10. The number of rotatable bonds is 6. The third kappa shape index (κ3) is 4.79. The predicted molar refractivity (Wildman–Crippen MR) is 105 cm³/mol. The topological polar surface area (TPSA) is 68.0 Å². The number of hydrogen-bond donors (Lipinski definition) is 1. The van der Waals surface area contributed by atoms with Crippen LogP contribution in [0.1, 0.15) is 37.6 Å². The van der Waals surface area contributed by atoms with Gasteiger partial charge in [-0.3, -0.25) is 4.79 Å². The number of nitrogens with zero attached hydrogens (tertiary/aromatic N) is 2. The summed E-state index contributed by atoms with van der Waals surface area (Å²) in [5.74, 6) is 1.37. The van der Waals surface area contributed by atoms with Crippen LogP contribution < -0.4 is 5.32 Å². The lowest BCUT2D eigenvalue weighted by Crippen LogP contribution is -2.12. The summed E-state index contributed by atoms with van der Waals surface area (Å²) in [5.41, 5.74) is 2.91. The summed E-state index contributed by atoms with van der Waals surface area (Å²) >= 11 is 3.39. The van der Waals surface area contributed by atoms with Crippen molar-refractivity contribution in [2.24, 2.45) is 0 Å². The van der Waals surface area contributed by atoms with Gasteiger partial charge in [0, 0.05) is 28.6 Å². The summed E-state index contributed by atoms with van der Waals surface area (Å²) in [6.45, 7) is 4.28. The van der Waals surface area contributed by atoms with Gasteiger partial charge in [-0.1, -0.05) is 47.1 Å². The normalized spacial score (nSPS) is 10.9. The largest absolute Gasteiger partial charge is 0.339 e. The van der Waals surface area contributed by atoms with E-state index < -0.39 is 0 Å². The molecule has 0 fully saturated rings. The van der Waals surface area contributed by atoms with E-state index in [2.05, 4.69) is 45.2 Å².